The highest BCUT2D eigenvalue weighted by molar-refractivity contribution is 7.99. The zero-order valence-corrected chi connectivity index (χ0v) is 15.7. The van der Waals surface area contributed by atoms with Gasteiger partial charge in [-0.2, -0.15) is 11.8 Å². The van der Waals surface area contributed by atoms with Crippen LogP contribution in [0.5, 0.6) is 0 Å². The molecule has 1 saturated heterocycles. The first kappa shape index (κ1) is 18.3. The maximum absolute atomic E-state index is 12.2. The molecule has 5 heteroatoms. The van der Waals surface area contributed by atoms with Crippen molar-refractivity contribution in [2.75, 3.05) is 18.8 Å². The van der Waals surface area contributed by atoms with Gasteiger partial charge in [-0.3, -0.25) is 9.59 Å². The molecule has 2 fully saturated rings. The molecule has 2 aliphatic rings. The SMILES string of the molecule is O=C(NCCSC1CCCCC1)c1ccc(CN2CCCC2=O)cc1. The van der Waals surface area contributed by atoms with Crippen molar-refractivity contribution >= 4 is 23.6 Å². The number of amides is 2. The van der Waals surface area contributed by atoms with Gasteiger partial charge in [0.25, 0.3) is 5.91 Å². The molecule has 0 aromatic heterocycles. The van der Waals surface area contributed by atoms with Crippen LogP contribution in [0.15, 0.2) is 24.3 Å². The maximum atomic E-state index is 12.2. The van der Waals surface area contributed by atoms with E-state index in [-0.39, 0.29) is 11.8 Å². The maximum Gasteiger partial charge on any atom is 0.251 e. The number of nitrogens with one attached hydrogen (secondary N) is 1. The molecule has 1 aromatic carbocycles. The van der Waals surface area contributed by atoms with E-state index in [9.17, 15) is 9.59 Å². The highest BCUT2D eigenvalue weighted by Crippen LogP contribution is 2.27. The van der Waals surface area contributed by atoms with Gasteiger partial charge in [0.15, 0.2) is 0 Å². The number of hydrogen-bond acceptors (Lipinski definition) is 3. The zero-order valence-electron chi connectivity index (χ0n) is 14.8. The number of nitrogens with zero attached hydrogens (tertiary/aromatic N) is 1. The first-order valence-corrected chi connectivity index (χ1v) is 10.5. The lowest BCUT2D eigenvalue weighted by atomic mass is 10.0. The van der Waals surface area contributed by atoms with Crippen LogP contribution in [0.25, 0.3) is 0 Å². The lowest BCUT2D eigenvalue weighted by molar-refractivity contribution is -0.128. The van der Waals surface area contributed by atoms with E-state index in [0.717, 1.165) is 36.1 Å². The molecule has 2 amide bonds. The average Bonchev–Trinajstić information content (AvgIpc) is 3.05. The first-order chi connectivity index (χ1) is 12.2. The van der Waals surface area contributed by atoms with Crippen molar-refractivity contribution in [3.63, 3.8) is 0 Å². The van der Waals surface area contributed by atoms with E-state index in [1.165, 1.54) is 32.1 Å². The highest BCUT2D eigenvalue weighted by Gasteiger charge is 2.20. The van der Waals surface area contributed by atoms with E-state index >= 15 is 0 Å². The second-order valence-corrected chi connectivity index (χ2v) is 8.41. The van der Waals surface area contributed by atoms with Crippen molar-refractivity contribution in [3.8, 4) is 0 Å². The van der Waals surface area contributed by atoms with Gasteiger partial charge in [0, 0.05) is 42.6 Å². The molecule has 1 aliphatic heterocycles. The van der Waals surface area contributed by atoms with E-state index in [1.54, 1.807) is 0 Å². The Hall–Kier alpha value is -1.49. The summed E-state index contributed by atoms with van der Waals surface area (Å²) >= 11 is 2.00. The number of likely N-dealkylation sites (tertiary alicyclic amines) is 1. The molecule has 1 aromatic rings. The monoisotopic (exact) mass is 360 g/mol. The van der Waals surface area contributed by atoms with Gasteiger partial charge in [0.1, 0.15) is 0 Å². The fraction of sp³-hybridized carbons (Fsp3) is 0.600. The molecule has 1 aliphatic carbocycles. The summed E-state index contributed by atoms with van der Waals surface area (Å²) in [6.45, 7) is 2.22. The Balaban J connectivity index is 1.39. The molecular weight excluding hydrogens is 332 g/mol. The number of benzene rings is 1. The Labute approximate surface area is 154 Å². The van der Waals surface area contributed by atoms with Gasteiger partial charge in [0.2, 0.25) is 5.91 Å². The Bertz CT molecular complexity index is 582. The van der Waals surface area contributed by atoms with Gasteiger partial charge >= 0.3 is 0 Å². The fourth-order valence-corrected chi connectivity index (χ4v) is 4.80. The van der Waals surface area contributed by atoms with Crippen LogP contribution in [-0.2, 0) is 11.3 Å². The molecule has 0 bridgehead atoms. The van der Waals surface area contributed by atoms with Crippen molar-refractivity contribution in [1.29, 1.82) is 0 Å². The average molecular weight is 361 g/mol. The van der Waals surface area contributed by atoms with Crippen LogP contribution in [0.2, 0.25) is 0 Å². The van der Waals surface area contributed by atoms with Crippen molar-refractivity contribution in [2.45, 2.75) is 56.7 Å². The highest BCUT2D eigenvalue weighted by atomic mass is 32.2. The molecule has 0 atom stereocenters. The van der Waals surface area contributed by atoms with Crippen molar-refractivity contribution in [1.82, 2.24) is 10.2 Å². The Morgan fingerprint density at radius 1 is 1.12 bits per heavy atom. The van der Waals surface area contributed by atoms with E-state index in [0.29, 0.717) is 18.5 Å². The van der Waals surface area contributed by atoms with Gasteiger partial charge in [-0.15, -0.1) is 0 Å². The van der Waals surface area contributed by atoms with Crippen LogP contribution in [0.4, 0.5) is 0 Å². The van der Waals surface area contributed by atoms with Crippen LogP contribution in [-0.4, -0.2) is 40.8 Å². The van der Waals surface area contributed by atoms with Gasteiger partial charge in [-0.1, -0.05) is 31.4 Å². The van der Waals surface area contributed by atoms with Gasteiger partial charge in [-0.05, 0) is 37.0 Å². The van der Waals surface area contributed by atoms with Gasteiger partial charge < -0.3 is 10.2 Å². The second-order valence-electron chi connectivity index (χ2n) is 7.00. The quantitative estimate of drug-likeness (QED) is 0.756. The number of carbonyl (C=O) groups excluding carboxylic acids is 2. The smallest absolute Gasteiger partial charge is 0.251 e. The Morgan fingerprint density at radius 3 is 2.56 bits per heavy atom. The number of rotatable bonds is 7. The minimum absolute atomic E-state index is 0.00644. The standard InChI is InChI=1S/C20H28N2O2S/c23-19-7-4-13-22(19)15-16-8-10-17(11-9-16)20(24)21-12-14-25-18-5-2-1-3-6-18/h8-11,18H,1-7,12-15H2,(H,21,24). The molecule has 0 unspecified atom stereocenters. The summed E-state index contributed by atoms with van der Waals surface area (Å²) in [5.41, 5.74) is 1.78. The number of thioether (sulfide) groups is 1. The second kappa shape index (κ2) is 9.27. The summed E-state index contributed by atoms with van der Waals surface area (Å²) in [7, 11) is 0. The largest absolute Gasteiger partial charge is 0.351 e. The third-order valence-electron chi connectivity index (χ3n) is 5.05. The minimum atomic E-state index is -0.00644. The summed E-state index contributed by atoms with van der Waals surface area (Å²) < 4.78 is 0. The van der Waals surface area contributed by atoms with Crippen LogP contribution in [0.3, 0.4) is 0 Å². The third kappa shape index (κ3) is 5.50. The predicted molar refractivity (Wildman–Crippen MR) is 103 cm³/mol. The molecule has 1 N–H and O–H groups in total. The molecule has 25 heavy (non-hydrogen) atoms. The molecule has 0 radical (unpaired) electrons. The number of hydrogen-bond donors (Lipinski definition) is 1. The normalized spacial score (nSPS) is 18.6. The minimum Gasteiger partial charge on any atom is -0.351 e. The fourth-order valence-electron chi connectivity index (χ4n) is 3.58. The van der Waals surface area contributed by atoms with E-state index in [4.69, 9.17) is 0 Å². The summed E-state index contributed by atoms with van der Waals surface area (Å²) in [6.07, 6.45) is 8.39. The zero-order chi connectivity index (χ0) is 17.5. The molecule has 0 spiro atoms. The molecule has 136 valence electrons. The lowest BCUT2D eigenvalue weighted by Gasteiger charge is -2.20. The van der Waals surface area contributed by atoms with Gasteiger partial charge in [0.05, 0.1) is 0 Å². The van der Waals surface area contributed by atoms with Crippen molar-refractivity contribution < 1.29 is 9.59 Å². The van der Waals surface area contributed by atoms with Crippen LogP contribution >= 0.6 is 11.8 Å². The molecular formula is C20H28N2O2S. The third-order valence-corrected chi connectivity index (χ3v) is 6.44. The molecule has 3 rings (SSSR count). The van der Waals surface area contributed by atoms with Crippen molar-refractivity contribution in [3.05, 3.63) is 35.4 Å². The molecule has 4 nitrogen and oxygen atoms in total. The summed E-state index contributed by atoms with van der Waals surface area (Å²) in [5, 5.41) is 3.80. The molecule has 1 saturated carbocycles. The first-order valence-electron chi connectivity index (χ1n) is 9.49. The summed E-state index contributed by atoms with van der Waals surface area (Å²) in [6, 6.07) is 7.63. The molecule has 1 heterocycles. The summed E-state index contributed by atoms with van der Waals surface area (Å²) in [4.78, 5) is 25.8. The summed E-state index contributed by atoms with van der Waals surface area (Å²) in [5.74, 6) is 1.22. The van der Waals surface area contributed by atoms with Gasteiger partial charge in [-0.25, -0.2) is 0 Å². The van der Waals surface area contributed by atoms with E-state index < -0.39 is 0 Å². The topological polar surface area (TPSA) is 49.4 Å². The Morgan fingerprint density at radius 2 is 1.88 bits per heavy atom. The van der Waals surface area contributed by atoms with Crippen LogP contribution in [0, 0.1) is 0 Å². The van der Waals surface area contributed by atoms with Crippen molar-refractivity contribution in [2.24, 2.45) is 0 Å². The van der Waals surface area contributed by atoms with Crippen LogP contribution < -0.4 is 5.32 Å². The predicted octanol–water partition coefficient (Wildman–Crippen LogP) is 3.60. The number of carbonyl (C=O) groups is 2. The lowest BCUT2D eigenvalue weighted by Crippen LogP contribution is -2.26. The van der Waals surface area contributed by atoms with E-state index in [1.807, 2.05) is 40.9 Å². The van der Waals surface area contributed by atoms with Crippen LogP contribution in [0.1, 0.15) is 60.9 Å². The van der Waals surface area contributed by atoms with E-state index in [2.05, 4.69) is 5.32 Å². The Kier molecular flexibility index (Phi) is 6.79.